The molecule has 0 bridgehead atoms. The van der Waals surface area contributed by atoms with Gasteiger partial charge in [-0.3, -0.25) is 4.99 Å². The smallest absolute Gasteiger partial charge is 0.246 e. The molecule has 1 atom stereocenters. The quantitative estimate of drug-likeness (QED) is 0.655. The Kier molecular flexibility index (Phi) is 4.75. The largest absolute Gasteiger partial charge is 0.369 e. The molecule has 1 aromatic carbocycles. The zero-order valence-corrected chi connectivity index (χ0v) is 13.5. The van der Waals surface area contributed by atoms with E-state index in [9.17, 15) is 0 Å². The molecule has 2 heterocycles. The number of aliphatic imine (C=N–C) groups is 1. The lowest BCUT2D eigenvalue weighted by Gasteiger charge is -2.20. The molecule has 23 heavy (non-hydrogen) atoms. The third kappa shape index (κ3) is 4.00. The van der Waals surface area contributed by atoms with Gasteiger partial charge in [0.25, 0.3) is 0 Å². The lowest BCUT2D eigenvalue weighted by atomic mass is 10.3. The Bertz CT molecular complexity index is 654. The van der Waals surface area contributed by atoms with Crippen molar-refractivity contribution in [2.45, 2.75) is 25.9 Å². The number of rotatable bonds is 4. The van der Waals surface area contributed by atoms with E-state index in [1.54, 1.807) is 14.0 Å². The molecule has 7 nitrogen and oxygen atoms in total. The summed E-state index contributed by atoms with van der Waals surface area (Å²) in [5, 5.41) is 10.4. The van der Waals surface area contributed by atoms with Crippen molar-refractivity contribution in [3.05, 3.63) is 42.0 Å². The van der Waals surface area contributed by atoms with Crippen LogP contribution in [0.25, 0.3) is 0 Å². The van der Waals surface area contributed by atoms with Crippen molar-refractivity contribution in [1.29, 1.82) is 0 Å². The molecular weight excluding hydrogens is 292 g/mol. The van der Waals surface area contributed by atoms with E-state index in [0.29, 0.717) is 24.3 Å². The van der Waals surface area contributed by atoms with Crippen LogP contribution in [0.1, 0.15) is 18.1 Å². The summed E-state index contributed by atoms with van der Waals surface area (Å²) in [6, 6.07) is 10.8. The number of aromatic nitrogens is 2. The first-order valence-corrected chi connectivity index (χ1v) is 7.81. The van der Waals surface area contributed by atoms with E-state index >= 15 is 0 Å². The zero-order chi connectivity index (χ0) is 16.1. The second-order valence-electron chi connectivity index (χ2n) is 5.57. The van der Waals surface area contributed by atoms with Crippen LogP contribution < -0.4 is 15.5 Å². The summed E-state index contributed by atoms with van der Waals surface area (Å²) in [6.07, 6.45) is 1.08. The van der Waals surface area contributed by atoms with E-state index in [0.717, 1.165) is 25.5 Å². The van der Waals surface area contributed by atoms with E-state index in [2.05, 4.69) is 54.9 Å². The molecule has 1 saturated heterocycles. The number of hydrogen-bond acceptors (Lipinski definition) is 5. The third-order valence-corrected chi connectivity index (χ3v) is 3.85. The van der Waals surface area contributed by atoms with E-state index in [1.807, 2.05) is 6.07 Å². The summed E-state index contributed by atoms with van der Waals surface area (Å²) in [7, 11) is 1.76. The van der Waals surface area contributed by atoms with Crippen molar-refractivity contribution in [2.75, 3.05) is 25.0 Å². The number of anilines is 1. The van der Waals surface area contributed by atoms with Crippen LogP contribution in [-0.4, -0.2) is 42.3 Å². The predicted molar refractivity (Wildman–Crippen MR) is 89.4 cm³/mol. The van der Waals surface area contributed by atoms with Crippen molar-refractivity contribution in [3.8, 4) is 0 Å². The molecule has 0 spiro atoms. The molecule has 1 unspecified atom stereocenters. The van der Waals surface area contributed by atoms with Crippen LogP contribution in [0.15, 0.2) is 39.8 Å². The standard InChI is InChI=1S/C16H22N6O/c1-12-19-15(23-21-12)10-18-16(17-2)20-13-8-9-22(11-13)14-6-4-3-5-7-14/h3-7,13H,8-11H2,1-2H3,(H2,17,18,20). The summed E-state index contributed by atoms with van der Waals surface area (Å²) in [5.74, 6) is 1.95. The van der Waals surface area contributed by atoms with Crippen LogP contribution in [0.2, 0.25) is 0 Å². The Morgan fingerprint density at radius 3 is 2.91 bits per heavy atom. The van der Waals surface area contributed by atoms with Gasteiger partial charge in [-0.15, -0.1) is 0 Å². The first kappa shape index (κ1) is 15.3. The highest BCUT2D eigenvalue weighted by Crippen LogP contribution is 2.19. The van der Waals surface area contributed by atoms with E-state index in [1.165, 1.54) is 5.69 Å². The fourth-order valence-electron chi connectivity index (χ4n) is 2.71. The molecule has 1 aromatic heterocycles. The van der Waals surface area contributed by atoms with Gasteiger partial charge in [-0.25, -0.2) is 0 Å². The van der Waals surface area contributed by atoms with Gasteiger partial charge in [0.05, 0.1) is 6.54 Å². The number of nitrogens with zero attached hydrogens (tertiary/aromatic N) is 4. The molecule has 3 rings (SSSR count). The Balaban J connectivity index is 1.50. The van der Waals surface area contributed by atoms with E-state index in [-0.39, 0.29) is 0 Å². The van der Waals surface area contributed by atoms with Crippen molar-refractivity contribution in [1.82, 2.24) is 20.8 Å². The molecule has 122 valence electrons. The average Bonchev–Trinajstić information content (AvgIpc) is 3.21. The minimum Gasteiger partial charge on any atom is -0.369 e. The Morgan fingerprint density at radius 2 is 2.22 bits per heavy atom. The molecule has 0 aliphatic carbocycles. The number of guanidine groups is 1. The maximum absolute atomic E-state index is 5.09. The fourth-order valence-corrected chi connectivity index (χ4v) is 2.71. The van der Waals surface area contributed by atoms with Crippen LogP contribution in [0.4, 0.5) is 5.69 Å². The van der Waals surface area contributed by atoms with Crippen LogP contribution in [0.3, 0.4) is 0 Å². The number of aryl methyl sites for hydroxylation is 1. The first-order chi connectivity index (χ1) is 11.2. The first-order valence-electron chi connectivity index (χ1n) is 7.81. The Labute approximate surface area is 135 Å². The van der Waals surface area contributed by atoms with Gasteiger partial charge in [-0.1, -0.05) is 23.4 Å². The molecule has 0 amide bonds. The second-order valence-corrected chi connectivity index (χ2v) is 5.57. The highest BCUT2D eigenvalue weighted by molar-refractivity contribution is 5.80. The van der Waals surface area contributed by atoms with Crippen molar-refractivity contribution in [2.24, 2.45) is 4.99 Å². The Morgan fingerprint density at radius 1 is 1.39 bits per heavy atom. The SMILES string of the molecule is CN=C(NCc1nc(C)no1)NC1CCN(c2ccccc2)C1. The van der Waals surface area contributed by atoms with Crippen molar-refractivity contribution in [3.63, 3.8) is 0 Å². The summed E-state index contributed by atoms with van der Waals surface area (Å²) >= 11 is 0. The minimum absolute atomic E-state index is 0.367. The highest BCUT2D eigenvalue weighted by Gasteiger charge is 2.23. The van der Waals surface area contributed by atoms with Gasteiger partial charge >= 0.3 is 0 Å². The molecule has 2 aromatic rings. The van der Waals surface area contributed by atoms with Gasteiger partial charge in [0.2, 0.25) is 5.89 Å². The van der Waals surface area contributed by atoms with Crippen LogP contribution in [0.5, 0.6) is 0 Å². The van der Waals surface area contributed by atoms with Gasteiger partial charge in [-0.2, -0.15) is 4.98 Å². The van der Waals surface area contributed by atoms with E-state index in [4.69, 9.17) is 4.52 Å². The number of benzene rings is 1. The van der Waals surface area contributed by atoms with Gasteiger partial charge < -0.3 is 20.1 Å². The minimum atomic E-state index is 0.367. The Hall–Kier alpha value is -2.57. The van der Waals surface area contributed by atoms with Crippen molar-refractivity contribution < 1.29 is 4.52 Å². The molecular formula is C16H22N6O. The van der Waals surface area contributed by atoms with Gasteiger partial charge in [0.15, 0.2) is 11.8 Å². The lowest BCUT2D eigenvalue weighted by molar-refractivity contribution is 0.371. The van der Waals surface area contributed by atoms with Crippen LogP contribution in [0, 0.1) is 6.92 Å². The summed E-state index contributed by atoms with van der Waals surface area (Å²) in [6.45, 7) is 4.28. The molecule has 1 aliphatic rings. The van der Waals surface area contributed by atoms with Gasteiger partial charge in [0.1, 0.15) is 0 Å². The summed E-state index contributed by atoms with van der Waals surface area (Å²) < 4.78 is 5.09. The summed E-state index contributed by atoms with van der Waals surface area (Å²) in [5.41, 5.74) is 1.26. The number of para-hydroxylation sites is 1. The zero-order valence-electron chi connectivity index (χ0n) is 13.5. The van der Waals surface area contributed by atoms with Crippen molar-refractivity contribution >= 4 is 11.6 Å². The average molecular weight is 314 g/mol. The molecule has 0 radical (unpaired) electrons. The predicted octanol–water partition coefficient (Wildman–Crippen LogP) is 1.32. The van der Waals surface area contributed by atoms with Gasteiger partial charge in [0, 0.05) is 31.9 Å². The van der Waals surface area contributed by atoms with Crippen LogP contribution >= 0.6 is 0 Å². The van der Waals surface area contributed by atoms with E-state index < -0.39 is 0 Å². The summed E-state index contributed by atoms with van der Waals surface area (Å²) in [4.78, 5) is 10.8. The number of hydrogen-bond donors (Lipinski definition) is 2. The maximum Gasteiger partial charge on any atom is 0.246 e. The monoisotopic (exact) mass is 314 g/mol. The lowest BCUT2D eigenvalue weighted by Crippen LogP contribution is -2.44. The van der Waals surface area contributed by atoms with Gasteiger partial charge in [-0.05, 0) is 25.5 Å². The molecule has 0 saturated carbocycles. The fraction of sp³-hybridized carbons (Fsp3) is 0.438. The molecule has 2 N–H and O–H groups in total. The normalized spacial score (nSPS) is 18.3. The molecule has 7 heteroatoms. The highest BCUT2D eigenvalue weighted by atomic mass is 16.5. The topological polar surface area (TPSA) is 78.6 Å². The number of nitrogens with one attached hydrogen (secondary N) is 2. The second kappa shape index (κ2) is 7.13. The molecule has 1 aliphatic heterocycles. The maximum atomic E-state index is 5.09. The third-order valence-electron chi connectivity index (χ3n) is 3.85. The molecule has 1 fully saturated rings. The van der Waals surface area contributed by atoms with Crippen LogP contribution in [-0.2, 0) is 6.54 Å².